The van der Waals surface area contributed by atoms with E-state index in [1.807, 2.05) is 24.3 Å². The van der Waals surface area contributed by atoms with Gasteiger partial charge in [0.25, 0.3) is 0 Å². The average molecular weight is 266 g/mol. The lowest BCUT2D eigenvalue weighted by molar-refractivity contribution is -0.118. The average Bonchev–Trinajstić information content (AvgIpc) is 2.38. The minimum Gasteiger partial charge on any atom is -0.314 e. The van der Waals surface area contributed by atoms with E-state index in [2.05, 4.69) is 5.32 Å². The number of ketones is 1. The van der Waals surface area contributed by atoms with Gasteiger partial charge in [-0.3, -0.25) is 4.79 Å². The number of benzene rings is 1. The molecule has 18 heavy (non-hydrogen) atoms. The van der Waals surface area contributed by atoms with Crippen molar-refractivity contribution in [1.29, 1.82) is 0 Å². The van der Waals surface area contributed by atoms with Crippen LogP contribution in [-0.2, 0) is 11.2 Å². The van der Waals surface area contributed by atoms with Gasteiger partial charge >= 0.3 is 0 Å². The fourth-order valence-electron chi connectivity index (χ4n) is 2.47. The molecule has 0 saturated carbocycles. The summed E-state index contributed by atoms with van der Waals surface area (Å²) in [5.74, 6) is 0.310. The summed E-state index contributed by atoms with van der Waals surface area (Å²) in [6.45, 7) is 1.10. The van der Waals surface area contributed by atoms with Crippen LogP contribution in [0.25, 0.3) is 0 Å². The summed E-state index contributed by atoms with van der Waals surface area (Å²) in [5, 5.41) is 4.18. The second-order valence-corrected chi connectivity index (χ2v) is 5.47. The number of nitrogens with one attached hydrogen (secondary N) is 1. The molecule has 1 fully saturated rings. The summed E-state index contributed by atoms with van der Waals surface area (Å²) in [6, 6.07) is 8.11. The molecule has 0 spiro atoms. The van der Waals surface area contributed by atoms with Crippen LogP contribution in [0.2, 0.25) is 5.02 Å². The van der Waals surface area contributed by atoms with E-state index in [1.165, 1.54) is 19.3 Å². The van der Waals surface area contributed by atoms with Crippen LogP contribution in [0.15, 0.2) is 24.3 Å². The molecule has 1 aromatic rings. The molecule has 0 radical (unpaired) electrons. The second kappa shape index (κ2) is 6.91. The van der Waals surface area contributed by atoms with Gasteiger partial charge in [-0.1, -0.05) is 30.2 Å². The van der Waals surface area contributed by atoms with Crippen LogP contribution in [0.3, 0.4) is 0 Å². The van der Waals surface area contributed by atoms with E-state index < -0.39 is 0 Å². The quantitative estimate of drug-likeness (QED) is 0.884. The number of rotatable bonds is 5. The fourth-order valence-corrected chi connectivity index (χ4v) is 2.68. The highest BCUT2D eigenvalue weighted by Crippen LogP contribution is 2.15. The van der Waals surface area contributed by atoms with Crippen LogP contribution in [0, 0.1) is 0 Å². The monoisotopic (exact) mass is 265 g/mol. The van der Waals surface area contributed by atoms with Gasteiger partial charge in [0.05, 0.1) is 0 Å². The molecule has 1 aromatic carbocycles. The van der Waals surface area contributed by atoms with Crippen molar-refractivity contribution in [3.8, 4) is 0 Å². The maximum absolute atomic E-state index is 11.9. The lowest BCUT2D eigenvalue weighted by atomic mass is 9.97. The lowest BCUT2D eigenvalue weighted by Gasteiger charge is -2.22. The first-order valence-electron chi connectivity index (χ1n) is 6.73. The van der Waals surface area contributed by atoms with Crippen molar-refractivity contribution in [3.05, 3.63) is 34.9 Å². The zero-order valence-electron chi connectivity index (χ0n) is 10.6. The Balaban J connectivity index is 1.74. The highest BCUT2D eigenvalue weighted by Gasteiger charge is 2.14. The maximum Gasteiger partial charge on any atom is 0.137 e. The number of carbonyl (C=O) groups is 1. The summed E-state index contributed by atoms with van der Waals surface area (Å²) in [4.78, 5) is 11.9. The third kappa shape index (κ3) is 4.43. The zero-order chi connectivity index (χ0) is 12.8. The highest BCUT2D eigenvalue weighted by atomic mass is 35.5. The summed E-state index contributed by atoms with van der Waals surface area (Å²) < 4.78 is 0. The van der Waals surface area contributed by atoms with Gasteiger partial charge in [0.2, 0.25) is 0 Å². The predicted octanol–water partition coefficient (Wildman–Crippen LogP) is 3.37. The van der Waals surface area contributed by atoms with E-state index in [-0.39, 0.29) is 0 Å². The molecule has 1 saturated heterocycles. The molecule has 1 heterocycles. The SMILES string of the molecule is O=C(CCC1CCCCN1)Cc1cccc(Cl)c1. The molecule has 1 unspecified atom stereocenters. The Morgan fingerprint density at radius 1 is 1.39 bits per heavy atom. The van der Waals surface area contributed by atoms with Gasteiger partial charge in [0.1, 0.15) is 5.78 Å². The molecule has 0 aliphatic carbocycles. The number of halogens is 1. The van der Waals surface area contributed by atoms with Gasteiger partial charge in [-0.25, -0.2) is 0 Å². The Morgan fingerprint density at radius 2 is 2.28 bits per heavy atom. The Morgan fingerprint density at radius 3 is 3.00 bits per heavy atom. The van der Waals surface area contributed by atoms with Crippen LogP contribution in [0.1, 0.15) is 37.7 Å². The molecular formula is C15H20ClNO. The van der Waals surface area contributed by atoms with Crippen molar-refractivity contribution in [2.24, 2.45) is 0 Å². The number of hydrogen-bond acceptors (Lipinski definition) is 2. The summed E-state index contributed by atoms with van der Waals surface area (Å²) >= 11 is 5.91. The molecular weight excluding hydrogens is 246 g/mol. The third-order valence-corrected chi connectivity index (χ3v) is 3.71. The Kier molecular flexibility index (Phi) is 5.21. The first-order valence-corrected chi connectivity index (χ1v) is 7.11. The van der Waals surface area contributed by atoms with Gasteiger partial charge in [0, 0.05) is 23.9 Å². The van der Waals surface area contributed by atoms with Crippen molar-refractivity contribution in [3.63, 3.8) is 0 Å². The fraction of sp³-hybridized carbons (Fsp3) is 0.533. The summed E-state index contributed by atoms with van der Waals surface area (Å²) in [6.07, 6.45) is 5.93. The molecule has 2 nitrogen and oxygen atoms in total. The number of carbonyl (C=O) groups excluding carboxylic acids is 1. The first kappa shape index (κ1) is 13.6. The molecule has 1 aliphatic rings. The molecule has 3 heteroatoms. The minimum atomic E-state index is 0.310. The van der Waals surface area contributed by atoms with Crippen molar-refractivity contribution >= 4 is 17.4 Å². The molecule has 0 bridgehead atoms. The van der Waals surface area contributed by atoms with E-state index in [4.69, 9.17) is 11.6 Å². The molecule has 1 aliphatic heterocycles. The van der Waals surface area contributed by atoms with Crippen LogP contribution >= 0.6 is 11.6 Å². The first-order chi connectivity index (χ1) is 8.74. The molecule has 0 amide bonds. The molecule has 2 rings (SSSR count). The Bertz CT molecular complexity index is 399. The van der Waals surface area contributed by atoms with Crippen molar-refractivity contribution in [2.45, 2.75) is 44.6 Å². The minimum absolute atomic E-state index is 0.310. The molecule has 0 aromatic heterocycles. The Labute approximate surface area is 114 Å². The summed E-state index contributed by atoms with van der Waals surface area (Å²) in [5.41, 5.74) is 1.02. The molecule has 1 N–H and O–H groups in total. The van der Waals surface area contributed by atoms with E-state index in [0.717, 1.165) is 18.5 Å². The Hall–Kier alpha value is -0.860. The maximum atomic E-state index is 11.9. The van der Waals surface area contributed by atoms with Crippen molar-refractivity contribution < 1.29 is 4.79 Å². The van der Waals surface area contributed by atoms with Crippen LogP contribution in [-0.4, -0.2) is 18.4 Å². The predicted molar refractivity (Wildman–Crippen MR) is 75.0 cm³/mol. The van der Waals surface area contributed by atoms with E-state index in [0.29, 0.717) is 29.7 Å². The van der Waals surface area contributed by atoms with Crippen LogP contribution in [0.5, 0.6) is 0 Å². The van der Waals surface area contributed by atoms with Gasteiger partial charge < -0.3 is 5.32 Å². The van der Waals surface area contributed by atoms with Gasteiger partial charge in [-0.2, -0.15) is 0 Å². The number of Topliss-reactive ketones (excluding diaryl/α,β-unsaturated/α-hetero) is 1. The second-order valence-electron chi connectivity index (χ2n) is 5.03. The van der Waals surface area contributed by atoms with Crippen molar-refractivity contribution in [2.75, 3.05) is 6.54 Å². The third-order valence-electron chi connectivity index (χ3n) is 3.47. The van der Waals surface area contributed by atoms with Crippen LogP contribution in [0.4, 0.5) is 0 Å². The lowest BCUT2D eigenvalue weighted by Crippen LogP contribution is -2.34. The highest BCUT2D eigenvalue weighted by molar-refractivity contribution is 6.30. The standard InChI is InChI=1S/C15H20ClNO/c16-13-5-3-4-12(10-13)11-15(18)8-7-14-6-1-2-9-17-14/h3-5,10,14,17H,1-2,6-9,11H2. The molecule has 98 valence electrons. The topological polar surface area (TPSA) is 29.1 Å². The van der Waals surface area contributed by atoms with Gasteiger partial charge in [0.15, 0.2) is 0 Å². The normalized spacial score (nSPS) is 19.7. The van der Waals surface area contributed by atoms with Crippen molar-refractivity contribution in [1.82, 2.24) is 5.32 Å². The molecule has 1 atom stereocenters. The smallest absolute Gasteiger partial charge is 0.137 e. The van der Waals surface area contributed by atoms with Crippen LogP contribution < -0.4 is 5.32 Å². The van der Waals surface area contributed by atoms with Gasteiger partial charge in [-0.05, 0) is 43.5 Å². The van der Waals surface area contributed by atoms with E-state index in [1.54, 1.807) is 0 Å². The number of piperidine rings is 1. The summed E-state index contributed by atoms with van der Waals surface area (Å²) in [7, 11) is 0. The van der Waals surface area contributed by atoms with Gasteiger partial charge in [-0.15, -0.1) is 0 Å². The number of hydrogen-bond donors (Lipinski definition) is 1. The van der Waals surface area contributed by atoms with E-state index in [9.17, 15) is 4.79 Å². The largest absolute Gasteiger partial charge is 0.314 e. The zero-order valence-corrected chi connectivity index (χ0v) is 11.4. The van der Waals surface area contributed by atoms with E-state index >= 15 is 0 Å².